The molecule has 5 unspecified atom stereocenters. The molecule has 3 nitrogen and oxygen atoms in total. The Labute approximate surface area is 165 Å². The van der Waals surface area contributed by atoms with Crippen molar-refractivity contribution in [3.05, 3.63) is 34.9 Å². The molecule has 1 N–H and O–H groups in total. The van der Waals surface area contributed by atoms with E-state index in [4.69, 9.17) is 0 Å². The molecule has 4 heteroatoms. The molecule has 0 radical (unpaired) electrons. The van der Waals surface area contributed by atoms with Crippen LogP contribution in [0, 0.1) is 29.6 Å². The Kier molecular flexibility index (Phi) is 4.19. The molecular weight excluding hydrogens is 354 g/mol. The molecule has 3 aliphatic carbocycles. The number of nitrogens with one attached hydrogen (secondary N) is 1. The minimum atomic E-state index is -3.18. The third-order valence-corrected chi connectivity index (χ3v) is 9.45. The van der Waals surface area contributed by atoms with E-state index in [0.717, 1.165) is 12.8 Å². The molecule has 0 aromatic heterocycles. The molecule has 1 aromatic carbocycles. The molecule has 150 valence electrons. The van der Waals surface area contributed by atoms with Gasteiger partial charge in [-0.25, -0.2) is 13.1 Å². The number of hydrogen-bond acceptors (Lipinski definition) is 2. The molecule has 0 saturated heterocycles. The van der Waals surface area contributed by atoms with Gasteiger partial charge in [-0.3, -0.25) is 0 Å². The molecule has 0 spiro atoms. The van der Waals surface area contributed by atoms with E-state index in [1.807, 2.05) is 0 Å². The average molecular weight is 390 g/mol. The first-order valence-electron chi connectivity index (χ1n) is 10.5. The van der Waals surface area contributed by atoms with E-state index < -0.39 is 10.0 Å². The van der Waals surface area contributed by atoms with Crippen molar-refractivity contribution in [3.8, 4) is 0 Å². The molecular formula is C23H35NO2S. The molecule has 2 fully saturated rings. The van der Waals surface area contributed by atoms with Gasteiger partial charge < -0.3 is 0 Å². The van der Waals surface area contributed by atoms with Crippen molar-refractivity contribution < 1.29 is 8.42 Å². The highest BCUT2D eigenvalue weighted by Gasteiger charge is 2.62. The van der Waals surface area contributed by atoms with Crippen LogP contribution >= 0.6 is 0 Å². The fourth-order valence-electron chi connectivity index (χ4n) is 7.48. The smallest absolute Gasteiger partial charge is 0.208 e. The Morgan fingerprint density at radius 1 is 1.04 bits per heavy atom. The van der Waals surface area contributed by atoms with E-state index in [1.165, 1.54) is 31.1 Å². The maximum atomic E-state index is 11.9. The van der Waals surface area contributed by atoms with Crippen LogP contribution in [-0.2, 0) is 21.9 Å². The van der Waals surface area contributed by atoms with Crippen LogP contribution in [0.2, 0.25) is 0 Å². The molecule has 0 aliphatic heterocycles. The monoisotopic (exact) mass is 389 g/mol. The molecule has 4 rings (SSSR count). The summed E-state index contributed by atoms with van der Waals surface area (Å²) < 4.78 is 26.8. The van der Waals surface area contributed by atoms with E-state index in [9.17, 15) is 8.42 Å². The van der Waals surface area contributed by atoms with Gasteiger partial charge in [-0.1, -0.05) is 51.5 Å². The molecule has 5 atom stereocenters. The zero-order chi connectivity index (χ0) is 19.8. The second-order valence-corrected chi connectivity index (χ2v) is 12.5. The van der Waals surface area contributed by atoms with Gasteiger partial charge in [0.2, 0.25) is 10.0 Å². The Balaban J connectivity index is 1.72. The van der Waals surface area contributed by atoms with Gasteiger partial charge in [0.15, 0.2) is 0 Å². The number of fused-ring (bicyclic) bond motifs is 5. The molecule has 2 saturated carbocycles. The fourth-order valence-corrected chi connectivity index (χ4v) is 8.42. The normalized spacial score (nSPS) is 40.1. The summed E-state index contributed by atoms with van der Waals surface area (Å²) >= 11 is 0. The number of sulfonamides is 1. The summed E-state index contributed by atoms with van der Waals surface area (Å²) in [5.41, 5.74) is 4.99. The average Bonchev–Trinajstić information content (AvgIpc) is 2.82. The van der Waals surface area contributed by atoms with Gasteiger partial charge in [-0.2, -0.15) is 0 Å². The number of benzene rings is 1. The van der Waals surface area contributed by atoms with Crippen molar-refractivity contribution in [3.63, 3.8) is 0 Å². The van der Waals surface area contributed by atoms with Crippen LogP contribution in [-0.4, -0.2) is 20.7 Å². The first kappa shape index (κ1) is 19.4. The topological polar surface area (TPSA) is 46.2 Å². The lowest BCUT2D eigenvalue weighted by atomic mass is 9.43. The van der Waals surface area contributed by atoms with E-state index in [1.54, 1.807) is 11.1 Å². The van der Waals surface area contributed by atoms with Gasteiger partial charge in [0.05, 0.1) is 6.26 Å². The third-order valence-electron chi connectivity index (χ3n) is 8.74. The Hall–Kier alpha value is -0.870. The van der Waals surface area contributed by atoms with Crippen molar-refractivity contribution in [2.24, 2.45) is 22.7 Å². The van der Waals surface area contributed by atoms with Gasteiger partial charge in [-0.15, -0.1) is 0 Å². The predicted molar refractivity (Wildman–Crippen MR) is 111 cm³/mol. The third kappa shape index (κ3) is 2.81. The second-order valence-electron chi connectivity index (χ2n) is 10.7. The lowest BCUT2D eigenvalue weighted by Gasteiger charge is -2.63. The Morgan fingerprint density at radius 3 is 2.41 bits per heavy atom. The molecule has 1 aromatic rings. The minimum absolute atomic E-state index is 0.0257. The predicted octanol–water partition coefficient (Wildman–Crippen LogP) is 4.58. The minimum Gasteiger partial charge on any atom is -0.213 e. The molecule has 0 bridgehead atoms. The van der Waals surface area contributed by atoms with Crippen LogP contribution < -0.4 is 4.72 Å². The van der Waals surface area contributed by atoms with Crippen molar-refractivity contribution >= 4 is 10.0 Å². The summed E-state index contributed by atoms with van der Waals surface area (Å²) in [4.78, 5) is 0. The summed E-state index contributed by atoms with van der Waals surface area (Å²) in [6.45, 7) is 11.8. The quantitative estimate of drug-likeness (QED) is 0.805. The highest BCUT2D eigenvalue weighted by molar-refractivity contribution is 7.88. The highest BCUT2D eigenvalue weighted by atomic mass is 32.2. The van der Waals surface area contributed by atoms with Gasteiger partial charge in [0.1, 0.15) is 0 Å². The zero-order valence-electron chi connectivity index (χ0n) is 17.7. The van der Waals surface area contributed by atoms with Crippen LogP contribution in [0.1, 0.15) is 70.1 Å². The summed E-state index contributed by atoms with van der Waals surface area (Å²) in [6.07, 6.45) is 6.93. The van der Waals surface area contributed by atoms with E-state index in [0.29, 0.717) is 11.8 Å². The van der Waals surface area contributed by atoms with Crippen LogP contribution in [0.25, 0.3) is 0 Å². The summed E-state index contributed by atoms with van der Waals surface area (Å²) in [6, 6.07) is 7.11. The van der Waals surface area contributed by atoms with Gasteiger partial charge in [-0.05, 0) is 78.2 Å². The van der Waals surface area contributed by atoms with Crippen molar-refractivity contribution in [1.82, 2.24) is 4.72 Å². The summed E-state index contributed by atoms with van der Waals surface area (Å²) in [7, 11) is -3.18. The SMILES string of the molecule is Cc1ccc2c(c1)CC1C2(C)CCC2C(C)(C)C(NS(C)(=O)=O)CCC12C. The van der Waals surface area contributed by atoms with E-state index >= 15 is 0 Å². The van der Waals surface area contributed by atoms with E-state index in [2.05, 4.69) is 57.5 Å². The van der Waals surface area contributed by atoms with Gasteiger partial charge in [0, 0.05) is 6.04 Å². The zero-order valence-corrected chi connectivity index (χ0v) is 18.5. The van der Waals surface area contributed by atoms with Crippen LogP contribution in [0.3, 0.4) is 0 Å². The van der Waals surface area contributed by atoms with Gasteiger partial charge in [0.25, 0.3) is 0 Å². The van der Waals surface area contributed by atoms with Crippen molar-refractivity contribution in [1.29, 1.82) is 0 Å². The first-order valence-corrected chi connectivity index (χ1v) is 12.3. The standard InChI is InChI=1S/C23H35NO2S/c1-15-7-8-17-16(13-15)14-19-22(17,4)11-9-18-21(2,3)20(24-27(6,25)26)10-12-23(18,19)5/h7-8,13,18-20,24H,9-12,14H2,1-6H3. The lowest BCUT2D eigenvalue weighted by molar-refractivity contribution is -0.109. The summed E-state index contributed by atoms with van der Waals surface area (Å²) in [5, 5.41) is 0. The molecule has 0 amide bonds. The fraction of sp³-hybridized carbons (Fsp3) is 0.739. The molecule has 27 heavy (non-hydrogen) atoms. The van der Waals surface area contributed by atoms with Crippen LogP contribution in [0.15, 0.2) is 18.2 Å². The Morgan fingerprint density at radius 2 is 1.74 bits per heavy atom. The van der Waals surface area contributed by atoms with E-state index in [-0.39, 0.29) is 22.3 Å². The second kappa shape index (κ2) is 5.82. The van der Waals surface area contributed by atoms with Crippen molar-refractivity contribution in [2.45, 2.75) is 78.2 Å². The number of aryl methyl sites for hydroxylation is 1. The molecule has 3 aliphatic rings. The largest absolute Gasteiger partial charge is 0.213 e. The van der Waals surface area contributed by atoms with Gasteiger partial charge >= 0.3 is 0 Å². The van der Waals surface area contributed by atoms with Crippen LogP contribution in [0.5, 0.6) is 0 Å². The maximum Gasteiger partial charge on any atom is 0.208 e. The highest BCUT2D eigenvalue weighted by Crippen LogP contribution is 2.67. The number of rotatable bonds is 2. The van der Waals surface area contributed by atoms with Crippen LogP contribution in [0.4, 0.5) is 0 Å². The first-order chi connectivity index (χ1) is 12.4. The number of hydrogen-bond donors (Lipinski definition) is 1. The molecule has 0 heterocycles. The Bertz CT molecular complexity index is 874. The maximum absolute atomic E-state index is 11.9. The summed E-state index contributed by atoms with van der Waals surface area (Å²) in [5.74, 6) is 1.20. The van der Waals surface area contributed by atoms with Crippen molar-refractivity contribution in [2.75, 3.05) is 6.26 Å². The lowest BCUT2D eigenvalue weighted by Crippen LogP contribution is -2.61.